The molecule has 0 aliphatic carbocycles. The Morgan fingerprint density at radius 2 is 1.81 bits per heavy atom. The topological polar surface area (TPSA) is 97.9 Å². The molecule has 0 unspecified atom stereocenters. The summed E-state index contributed by atoms with van der Waals surface area (Å²) >= 11 is 0. The monoisotopic (exact) mass is 410 g/mol. The summed E-state index contributed by atoms with van der Waals surface area (Å²) in [5, 5.41) is 0.987. The number of anilines is 2. The van der Waals surface area contributed by atoms with Crippen LogP contribution < -0.4 is 10.6 Å². The third-order valence-corrected chi connectivity index (χ3v) is 5.84. The van der Waals surface area contributed by atoms with Crippen LogP contribution in [0, 0.1) is 6.92 Å². The molecule has 0 spiro atoms. The van der Waals surface area contributed by atoms with Gasteiger partial charge in [-0.05, 0) is 60.7 Å². The number of hydrogen-bond donors (Lipinski definition) is 1. The van der Waals surface area contributed by atoms with Gasteiger partial charge in [0.25, 0.3) is 0 Å². The van der Waals surface area contributed by atoms with Crippen LogP contribution in [0.3, 0.4) is 0 Å². The second-order valence-corrected chi connectivity index (χ2v) is 7.93. The van der Waals surface area contributed by atoms with Crippen LogP contribution in [0.15, 0.2) is 49.1 Å². The van der Waals surface area contributed by atoms with Crippen LogP contribution in [0.25, 0.3) is 22.0 Å². The van der Waals surface area contributed by atoms with Gasteiger partial charge in [-0.25, -0.2) is 19.9 Å². The van der Waals surface area contributed by atoms with Crippen LogP contribution in [0.1, 0.15) is 34.0 Å². The number of aryl methyl sites for hydroxylation is 1. The maximum Gasteiger partial charge on any atom is 0.219 e. The zero-order chi connectivity index (χ0) is 21.5. The van der Waals surface area contributed by atoms with E-state index in [0.29, 0.717) is 6.54 Å². The lowest BCUT2D eigenvalue weighted by atomic mass is 9.95. The number of hydrogen-bond acceptors (Lipinski definition) is 7. The fourth-order valence-corrected chi connectivity index (χ4v) is 4.19. The third-order valence-electron chi connectivity index (χ3n) is 5.84. The summed E-state index contributed by atoms with van der Waals surface area (Å²) in [5.41, 5.74) is 12.7. The van der Waals surface area contributed by atoms with E-state index in [9.17, 15) is 4.79 Å². The van der Waals surface area contributed by atoms with Gasteiger partial charge in [0, 0.05) is 42.0 Å². The molecule has 1 aliphatic rings. The zero-order valence-electron chi connectivity index (χ0n) is 17.5. The van der Waals surface area contributed by atoms with Crippen molar-refractivity contribution in [1.29, 1.82) is 0 Å². The molecule has 0 atom stereocenters. The van der Waals surface area contributed by atoms with Gasteiger partial charge >= 0.3 is 0 Å². The second-order valence-electron chi connectivity index (χ2n) is 7.93. The molecule has 2 aromatic heterocycles. The fraction of sp³-hybridized carbons (Fsp3) is 0.208. The Hall–Kier alpha value is -3.87. The molecular formula is C24H22N6O. The van der Waals surface area contributed by atoms with E-state index in [4.69, 9.17) is 5.73 Å². The van der Waals surface area contributed by atoms with Gasteiger partial charge in [-0.15, -0.1) is 0 Å². The standard InChI is InChI=1S/C24H22N6O/c1-14-7-18(20-10-26-24(25)27-11-20)9-21-22(14)28-13-29-23(21)30-6-5-16-3-4-17(15(2)31)8-19(16)12-30/h3-4,7-11,13H,5-6,12H2,1-2H3,(H2,25,26,27). The van der Waals surface area contributed by atoms with Crippen molar-refractivity contribution >= 4 is 28.5 Å². The SMILES string of the molecule is CC(=O)c1ccc2c(c1)CN(c1ncnc3c(C)cc(-c4cnc(N)nc4)cc13)CC2. The first-order valence-corrected chi connectivity index (χ1v) is 10.2. The van der Waals surface area contributed by atoms with Gasteiger partial charge in [0.2, 0.25) is 5.95 Å². The van der Waals surface area contributed by atoms with E-state index in [0.717, 1.165) is 51.9 Å². The van der Waals surface area contributed by atoms with Crippen molar-refractivity contribution in [3.63, 3.8) is 0 Å². The van der Waals surface area contributed by atoms with E-state index >= 15 is 0 Å². The quantitative estimate of drug-likeness (QED) is 0.514. The van der Waals surface area contributed by atoms with Gasteiger partial charge in [0.05, 0.1) is 5.52 Å². The van der Waals surface area contributed by atoms with E-state index in [1.54, 1.807) is 25.6 Å². The highest BCUT2D eigenvalue weighted by molar-refractivity contribution is 5.95. The largest absolute Gasteiger partial charge is 0.368 e. The molecule has 3 heterocycles. The molecular weight excluding hydrogens is 388 g/mol. The average molecular weight is 410 g/mol. The van der Waals surface area contributed by atoms with Crippen LogP contribution in [0.4, 0.5) is 11.8 Å². The van der Waals surface area contributed by atoms with Crippen LogP contribution in [-0.2, 0) is 13.0 Å². The number of ketones is 1. The van der Waals surface area contributed by atoms with E-state index in [1.165, 1.54) is 11.1 Å². The summed E-state index contributed by atoms with van der Waals surface area (Å²) in [6, 6.07) is 10.2. The number of fused-ring (bicyclic) bond motifs is 2. The van der Waals surface area contributed by atoms with Crippen molar-refractivity contribution in [3.05, 3.63) is 71.3 Å². The van der Waals surface area contributed by atoms with E-state index in [2.05, 4.69) is 43.0 Å². The molecule has 7 nitrogen and oxygen atoms in total. The summed E-state index contributed by atoms with van der Waals surface area (Å²) in [5.74, 6) is 1.23. The first-order chi connectivity index (χ1) is 15.0. The van der Waals surface area contributed by atoms with Gasteiger partial charge in [-0.2, -0.15) is 0 Å². The highest BCUT2D eigenvalue weighted by atomic mass is 16.1. The van der Waals surface area contributed by atoms with Crippen molar-refractivity contribution in [3.8, 4) is 11.1 Å². The lowest BCUT2D eigenvalue weighted by Gasteiger charge is -2.31. The normalized spacial score (nSPS) is 13.3. The smallest absolute Gasteiger partial charge is 0.219 e. The molecule has 31 heavy (non-hydrogen) atoms. The van der Waals surface area contributed by atoms with Crippen LogP contribution in [-0.4, -0.2) is 32.3 Å². The number of nitrogens with two attached hydrogens (primary N) is 1. The van der Waals surface area contributed by atoms with Crippen molar-refractivity contribution in [2.45, 2.75) is 26.8 Å². The lowest BCUT2D eigenvalue weighted by Crippen LogP contribution is -2.31. The predicted molar refractivity (Wildman–Crippen MR) is 121 cm³/mol. The molecule has 4 aromatic rings. The minimum absolute atomic E-state index is 0.0818. The van der Waals surface area contributed by atoms with Gasteiger partial charge in [-0.3, -0.25) is 4.79 Å². The predicted octanol–water partition coefficient (Wildman–Crippen LogP) is 3.74. The molecule has 0 saturated carbocycles. The summed E-state index contributed by atoms with van der Waals surface area (Å²) in [6.45, 7) is 5.21. The fourth-order valence-electron chi connectivity index (χ4n) is 4.19. The van der Waals surface area contributed by atoms with Gasteiger partial charge < -0.3 is 10.6 Å². The van der Waals surface area contributed by atoms with Crippen molar-refractivity contribution in [2.24, 2.45) is 0 Å². The first kappa shape index (κ1) is 19.1. The number of Topliss-reactive ketones (excluding diaryl/α,β-unsaturated/α-hetero) is 1. The number of carbonyl (C=O) groups excluding carboxylic acids is 1. The Morgan fingerprint density at radius 1 is 1.00 bits per heavy atom. The summed E-state index contributed by atoms with van der Waals surface area (Å²) in [4.78, 5) is 31.5. The maximum atomic E-state index is 11.8. The molecule has 0 bridgehead atoms. The van der Waals surface area contributed by atoms with Crippen molar-refractivity contribution in [1.82, 2.24) is 19.9 Å². The number of carbonyl (C=O) groups is 1. The van der Waals surface area contributed by atoms with Gasteiger partial charge in [-0.1, -0.05) is 12.1 Å². The number of nitrogens with zero attached hydrogens (tertiary/aromatic N) is 5. The van der Waals surface area contributed by atoms with Crippen LogP contribution in [0.2, 0.25) is 0 Å². The van der Waals surface area contributed by atoms with E-state index in [-0.39, 0.29) is 11.7 Å². The molecule has 0 amide bonds. The van der Waals surface area contributed by atoms with Crippen LogP contribution in [0.5, 0.6) is 0 Å². The minimum atomic E-state index is 0.0818. The number of nitrogen functional groups attached to an aromatic ring is 1. The Bertz CT molecular complexity index is 1320. The zero-order valence-corrected chi connectivity index (χ0v) is 17.5. The minimum Gasteiger partial charge on any atom is -0.368 e. The first-order valence-electron chi connectivity index (χ1n) is 10.2. The molecule has 7 heteroatoms. The molecule has 0 radical (unpaired) electrons. The van der Waals surface area contributed by atoms with E-state index < -0.39 is 0 Å². The third kappa shape index (κ3) is 3.48. The Labute approximate surface area is 180 Å². The van der Waals surface area contributed by atoms with Gasteiger partial charge in [0.1, 0.15) is 12.1 Å². The highest BCUT2D eigenvalue weighted by Crippen LogP contribution is 2.33. The maximum absolute atomic E-state index is 11.8. The number of aromatic nitrogens is 4. The Balaban J connectivity index is 1.59. The molecule has 0 fully saturated rings. The Morgan fingerprint density at radius 3 is 2.58 bits per heavy atom. The lowest BCUT2D eigenvalue weighted by molar-refractivity contribution is 0.101. The van der Waals surface area contributed by atoms with Gasteiger partial charge in [0.15, 0.2) is 5.78 Å². The molecule has 0 saturated heterocycles. The molecule has 1 aliphatic heterocycles. The van der Waals surface area contributed by atoms with Crippen LogP contribution >= 0.6 is 0 Å². The number of rotatable bonds is 3. The molecule has 2 aromatic carbocycles. The van der Waals surface area contributed by atoms with Crippen molar-refractivity contribution in [2.75, 3.05) is 17.2 Å². The van der Waals surface area contributed by atoms with Crippen molar-refractivity contribution < 1.29 is 4.79 Å². The Kier molecular flexibility index (Phi) is 4.58. The molecule has 2 N–H and O–H groups in total. The van der Waals surface area contributed by atoms with E-state index in [1.807, 2.05) is 19.1 Å². The highest BCUT2D eigenvalue weighted by Gasteiger charge is 2.21. The molecule has 5 rings (SSSR count). The average Bonchev–Trinajstić information content (AvgIpc) is 2.78. The number of benzene rings is 2. The summed E-state index contributed by atoms with van der Waals surface area (Å²) < 4.78 is 0. The molecule has 154 valence electrons. The summed E-state index contributed by atoms with van der Waals surface area (Å²) in [6.07, 6.45) is 5.99. The summed E-state index contributed by atoms with van der Waals surface area (Å²) in [7, 11) is 0. The second kappa shape index (κ2) is 7.43.